The maximum Gasteiger partial charge on any atom is 0.166 e. The molecule has 2 atom stereocenters. The lowest BCUT2D eigenvalue weighted by atomic mass is 10.3. The minimum Gasteiger partial charge on any atom is -0.394 e. The Kier molecular flexibility index (Phi) is 7.67. The zero-order valence-electron chi connectivity index (χ0n) is 6.92. The molecule has 0 saturated heterocycles. The minimum absolute atomic E-state index is 0.0625. The van der Waals surface area contributed by atoms with Gasteiger partial charge in [-0.2, -0.15) is 0 Å². The third kappa shape index (κ3) is 4.95. The Labute approximate surface area is 81.2 Å². The van der Waals surface area contributed by atoms with Crippen LogP contribution in [0.3, 0.4) is 0 Å². The predicted octanol–water partition coefficient (Wildman–Crippen LogP) is 1.18. The van der Waals surface area contributed by atoms with Gasteiger partial charge >= 0.3 is 0 Å². The standard InChI is InChI=1S/C7H15IO3/c1-3-6(5-9)11-7(4-8)10-2/h6-7,9H,3-5H2,1-2H3. The Morgan fingerprint density at radius 1 is 1.55 bits per heavy atom. The molecular weight excluding hydrogens is 259 g/mol. The summed E-state index contributed by atoms with van der Waals surface area (Å²) in [6.45, 7) is 2.04. The molecule has 68 valence electrons. The molecule has 0 aliphatic carbocycles. The smallest absolute Gasteiger partial charge is 0.166 e. The van der Waals surface area contributed by atoms with Crippen molar-refractivity contribution in [1.29, 1.82) is 0 Å². The van der Waals surface area contributed by atoms with Crippen molar-refractivity contribution in [2.75, 3.05) is 18.1 Å². The average molecular weight is 274 g/mol. The van der Waals surface area contributed by atoms with Crippen molar-refractivity contribution in [3.63, 3.8) is 0 Å². The molecule has 0 aromatic carbocycles. The molecule has 11 heavy (non-hydrogen) atoms. The molecule has 0 fully saturated rings. The van der Waals surface area contributed by atoms with Crippen molar-refractivity contribution in [1.82, 2.24) is 0 Å². The molecule has 0 bridgehead atoms. The normalized spacial score (nSPS) is 16.4. The summed E-state index contributed by atoms with van der Waals surface area (Å²) < 4.78 is 11.1. The summed E-state index contributed by atoms with van der Waals surface area (Å²) in [7, 11) is 1.60. The molecule has 0 saturated carbocycles. The maximum atomic E-state index is 8.78. The zero-order valence-corrected chi connectivity index (χ0v) is 9.08. The average Bonchev–Trinajstić information content (AvgIpc) is 2.07. The second kappa shape index (κ2) is 7.27. The Balaban J connectivity index is 3.58. The van der Waals surface area contributed by atoms with E-state index in [1.807, 2.05) is 6.92 Å². The van der Waals surface area contributed by atoms with Crippen LogP contribution < -0.4 is 0 Å². The van der Waals surface area contributed by atoms with E-state index in [0.717, 1.165) is 10.8 Å². The lowest BCUT2D eigenvalue weighted by Gasteiger charge is -2.19. The fourth-order valence-corrected chi connectivity index (χ4v) is 1.21. The van der Waals surface area contributed by atoms with E-state index in [1.165, 1.54) is 0 Å². The van der Waals surface area contributed by atoms with Gasteiger partial charge in [0.15, 0.2) is 6.29 Å². The lowest BCUT2D eigenvalue weighted by Crippen LogP contribution is -2.26. The Morgan fingerprint density at radius 3 is 2.45 bits per heavy atom. The van der Waals surface area contributed by atoms with Crippen LogP contribution in [0, 0.1) is 0 Å². The summed E-state index contributed by atoms with van der Waals surface area (Å²) >= 11 is 2.18. The van der Waals surface area contributed by atoms with E-state index in [2.05, 4.69) is 22.6 Å². The van der Waals surface area contributed by atoms with Gasteiger partial charge in [0.05, 0.1) is 17.1 Å². The molecule has 0 heterocycles. The first kappa shape index (κ1) is 11.6. The number of methoxy groups -OCH3 is 1. The Bertz CT molecular complexity index is 71.8. The molecule has 0 radical (unpaired) electrons. The minimum atomic E-state index is -0.187. The van der Waals surface area contributed by atoms with Gasteiger partial charge in [-0.1, -0.05) is 29.5 Å². The van der Waals surface area contributed by atoms with Crippen LogP contribution in [0.1, 0.15) is 13.3 Å². The van der Waals surface area contributed by atoms with E-state index in [1.54, 1.807) is 7.11 Å². The van der Waals surface area contributed by atoms with Crippen molar-refractivity contribution in [2.24, 2.45) is 0 Å². The van der Waals surface area contributed by atoms with Crippen LogP contribution in [0.4, 0.5) is 0 Å². The highest BCUT2D eigenvalue weighted by Crippen LogP contribution is 2.05. The molecule has 0 amide bonds. The molecule has 0 aromatic rings. The SMILES string of the molecule is CCC(CO)OC(CI)OC. The van der Waals surface area contributed by atoms with Gasteiger partial charge in [-0.15, -0.1) is 0 Å². The molecule has 0 aliphatic rings. The van der Waals surface area contributed by atoms with E-state index in [0.29, 0.717) is 0 Å². The first-order chi connectivity index (χ1) is 5.28. The molecule has 3 nitrogen and oxygen atoms in total. The zero-order chi connectivity index (χ0) is 8.69. The summed E-state index contributed by atoms with van der Waals surface area (Å²) in [4.78, 5) is 0. The van der Waals surface area contributed by atoms with E-state index < -0.39 is 0 Å². The maximum absolute atomic E-state index is 8.78. The summed E-state index contributed by atoms with van der Waals surface area (Å²) in [5.41, 5.74) is 0. The van der Waals surface area contributed by atoms with Gasteiger partial charge < -0.3 is 14.6 Å². The van der Waals surface area contributed by atoms with Crippen molar-refractivity contribution in [3.05, 3.63) is 0 Å². The van der Waals surface area contributed by atoms with E-state index in [4.69, 9.17) is 14.6 Å². The van der Waals surface area contributed by atoms with Crippen molar-refractivity contribution >= 4 is 22.6 Å². The van der Waals surface area contributed by atoms with Crippen LogP contribution in [0.25, 0.3) is 0 Å². The summed E-state index contributed by atoms with van der Waals surface area (Å²) in [5.74, 6) is 0. The van der Waals surface area contributed by atoms with Gasteiger partial charge in [-0.25, -0.2) is 0 Å². The number of ether oxygens (including phenoxy) is 2. The molecular formula is C7H15IO3. The number of rotatable bonds is 6. The molecule has 1 N–H and O–H groups in total. The highest BCUT2D eigenvalue weighted by molar-refractivity contribution is 14.1. The second-order valence-corrected chi connectivity index (χ2v) is 3.05. The second-order valence-electron chi connectivity index (χ2n) is 2.17. The lowest BCUT2D eigenvalue weighted by molar-refractivity contribution is -0.149. The summed E-state index contributed by atoms with van der Waals surface area (Å²) in [5, 5.41) is 8.78. The Morgan fingerprint density at radius 2 is 2.18 bits per heavy atom. The number of hydrogen-bond donors (Lipinski definition) is 1. The van der Waals surface area contributed by atoms with Gasteiger partial charge in [-0.3, -0.25) is 0 Å². The molecule has 2 unspecified atom stereocenters. The fourth-order valence-electron chi connectivity index (χ4n) is 0.638. The largest absolute Gasteiger partial charge is 0.394 e. The quantitative estimate of drug-likeness (QED) is 0.449. The van der Waals surface area contributed by atoms with Crippen LogP contribution in [0.15, 0.2) is 0 Å². The number of aliphatic hydroxyl groups is 1. The molecule has 0 spiro atoms. The third-order valence-electron chi connectivity index (χ3n) is 1.39. The van der Waals surface area contributed by atoms with Crippen LogP contribution in [-0.2, 0) is 9.47 Å². The molecule has 4 heteroatoms. The predicted molar refractivity (Wildman–Crippen MR) is 51.9 cm³/mol. The third-order valence-corrected chi connectivity index (χ3v) is 2.11. The fraction of sp³-hybridized carbons (Fsp3) is 1.00. The number of alkyl halides is 1. The van der Waals surface area contributed by atoms with Crippen LogP contribution in [0.5, 0.6) is 0 Å². The van der Waals surface area contributed by atoms with E-state index in [9.17, 15) is 0 Å². The van der Waals surface area contributed by atoms with Gasteiger partial charge in [0.2, 0.25) is 0 Å². The van der Waals surface area contributed by atoms with Gasteiger partial charge in [0.25, 0.3) is 0 Å². The monoisotopic (exact) mass is 274 g/mol. The topological polar surface area (TPSA) is 38.7 Å². The van der Waals surface area contributed by atoms with Crippen molar-refractivity contribution in [3.8, 4) is 0 Å². The molecule has 0 rings (SSSR count). The van der Waals surface area contributed by atoms with Crippen LogP contribution in [-0.4, -0.2) is 35.6 Å². The van der Waals surface area contributed by atoms with Crippen LogP contribution in [0.2, 0.25) is 0 Å². The molecule has 0 aromatic heterocycles. The number of aliphatic hydroxyl groups excluding tert-OH is 1. The number of hydrogen-bond acceptors (Lipinski definition) is 3. The van der Waals surface area contributed by atoms with Crippen molar-refractivity contribution < 1.29 is 14.6 Å². The van der Waals surface area contributed by atoms with Crippen molar-refractivity contribution in [2.45, 2.75) is 25.7 Å². The van der Waals surface area contributed by atoms with E-state index >= 15 is 0 Å². The van der Waals surface area contributed by atoms with E-state index in [-0.39, 0.29) is 19.0 Å². The number of halogens is 1. The molecule has 0 aliphatic heterocycles. The summed E-state index contributed by atoms with van der Waals surface area (Å²) in [6, 6.07) is 0. The summed E-state index contributed by atoms with van der Waals surface area (Å²) in [6.07, 6.45) is 0.537. The van der Waals surface area contributed by atoms with Gasteiger partial charge in [-0.05, 0) is 6.42 Å². The Hall–Kier alpha value is 0.610. The first-order valence-corrected chi connectivity index (χ1v) is 5.16. The van der Waals surface area contributed by atoms with Gasteiger partial charge in [0, 0.05) is 7.11 Å². The van der Waals surface area contributed by atoms with Gasteiger partial charge in [0.1, 0.15) is 0 Å². The highest BCUT2D eigenvalue weighted by atomic mass is 127. The first-order valence-electron chi connectivity index (χ1n) is 3.63. The van der Waals surface area contributed by atoms with Crippen LogP contribution >= 0.6 is 22.6 Å². The highest BCUT2D eigenvalue weighted by Gasteiger charge is 2.11.